The van der Waals surface area contributed by atoms with Gasteiger partial charge in [0.05, 0.1) is 6.10 Å². The van der Waals surface area contributed by atoms with Crippen LogP contribution in [-0.2, 0) is 4.74 Å². The highest BCUT2D eigenvalue weighted by Crippen LogP contribution is 2.38. The minimum absolute atomic E-state index is 0.191. The molecule has 6 nitrogen and oxygen atoms in total. The van der Waals surface area contributed by atoms with Crippen LogP contribution in [0.25, 0.3) is 0 Å². The molecule has 2 fully saturated rings. The summed E-state index contributed by atoms with van der Waals surface area (Å²) >= 11 is 0. The van der Waals surface area contributed by atoms with Crippen molar-refractivity contribution < 1.29 is 9.53 Å². The summed E-state index contributed by atoms with van der Waals surface area (Å²) in [5.41, 5.74) is 0. The van der Waals surface area contributed by atoms with E-state index in [9.17, 15) is 4.79 Å². The maximum absolute atomic E-state index is 11.8. The van der Waals surface area contributed by atoms with E-state index in [1.807, 2.05) is 0 Å². The Morgan fingerprint density at radius 2 is 2.26 bits per heavy atom. The van der Waals surface area contributed by atoms with Crippen LogP contribution in [-0.4, -0.2) is 35.0 Å². The Hall–Kier alpha value is -1.69. The zero-order chi connectivity index (χ0) is 13.1. The molecular formula is C13H18N4O2. The molecule has 102 valence electrons. The minimum Gasteiger partial charge on any atom is -0.378 e. The standard InChI is InChI=1S/C13H18N4O2/c18-13(16-12-2-1-6-14-17-12)15-10-5-7-19-11(8-10)9-3-4-9/h1-2,6,9-11H,3-5,7-8H2,(H2,15,16,17,18). The van der Waals surface area contributed by atoms with Crippen LogP contribution in [0.4, 0.5) is 10.6 Å². The van der Waals surface area contributed by atoms with Crippen LogP contribution in [0, 0.1) is 5.92 Å². The second-order valence-electron chi connectivity index (χ2n) is 5.18. The molecule has 0 aromatic carbocycles. The van der Waals surface area contributed by atoms with Gasteiger partial charge in [0.15, 0.2) is 5.82 Å². The number of nitrogens with zero attached hydrogens (tertiary/aromatic N) is 2. The smallest absolute Gasteiger partial charge is 0.320 e. The largest absolute Gasteiger partial charge is 0.378 e. The molecule has 6 heteroatoms. The Labute approximate surface area is 111 Å². The van der Waals surface area contributed by atoms with Crippen molar-refractivity contribution in [1.82, 2.24) is 15.5 Å². The second kappa shape index (κ2) is 5.52. The summed E-state index contributed by atoms with van der Waals surface area (Å²) in [6.07, 6.45) is 6.22. The third-order valence-corrected chi connectivity index (χ3v) is 3.61. The van der Waals surface area contributed by atoms with E-state index in [2.05, 4.69) is 20.8 Å². The maximum Gasteiger partial charge on any atom is 0.320 e. The molecule has 0 radical (unpaired) electrons. The maximum atomic E-state index is 11.8. The van der Waals surface area contributed by atoms with Crippen molar-refractivity contribution in [1.29, 1.82) is 0 Å². The summed E-state index contributed by atoms with van der Waals surface area (Å²) in [7, 11) is 0. The van der Waals surface area contributed by atoms with Crippen LogP contribution >= 0.6 is 0 Å². The van der Waals surface area contributed by atoms with Crippen LogP contribution in [0.2, 0.25) is 0 Å². The monoisotopic (exact) mass is 262 g/mol. The van der Waals surface area contributed by atoms with Crippen molar-refractivity contribution in [3.8, 4) is 0 Å². The number of amides is 2. The van der Waals surface area contributed by atoms with Gasteiger partial charge in [0.25, 0.3) is 0 Å². The molecule has 2 heterocycles. The molecule has 1 saturated heterocycles. The Bertz CT molecular complexity index is 436. The first-order valence-corrected chi connectivity index (χ1v) is 6.78. The number of urea groups is 1. The van der Waals surface area contributed by atoms with Gasteiger partial charge in [-0.1, -0.05) is 0 Å². The first-order valence-electron chi connectivity index (χ1n) is 6.78. The molecule has 1 aromatic rings. The lowest BCUT2D eigenvalue weighted by atomic mass is 10.0. The number of nitrogens with one attached hydrogen (secondary N) is 2. The van der Waals surface area contributed by atoms with Crippen LogP contribution in [0.5, 0.6) is 0 Å². The normalized spacial score (nSPS) is 26.7. The predicted molar refractivity (Wildman–Crippen MR) is 69.7 cm³/mol. The van der Waals surface area contributed by atoms with Crippen molar-refractivity contribution in [3.63, 3.8) is 0 Å². The lowest BCUT2D eigenvalue weighted by Gasteiger charge is -2.30. The molecular weight excluding hydrogens is 244 g/mol. The number of ether oxygens (including phenoxy) is 1. The van der Waals surface area contributed by atoms with E-state index in [0.717, 1.165) is 19.4 Å². The van der Waals surface area contributed by atoms with Crippen molar-refractivity contribution in [2.45, 2.75) is 37.8 Å². The summed E-state index contributed by atoms with van der Waals surface area (Å²) in [5.74, 6) is 1.18. The summed E-state index contributed by atoms with van der Waals surface area (Å²) in [6, 6.07) is 3.42. The molecule has 0 bridgehead atoms. The topological polar surface area (TPSA) is 76.1 Å². The third-order valence-electron chi connectivity index (χ3n) is 3.61. The number of anilines is 1. The molecule has 19 heavy (non-hydrogen) atoms. The zero-order valence-electron chi connectivity index (χ0n) is 10.7. The molecule has 2 atom stereocenters. The SMILES string of the molecule is O=C(Nc1cccnn1)NC1CCOC(C2CC2)C1. The minimum atomic E-state index is -0.220. The number of aromatic nitrogens is 2. The van der Waals surface area contributed by atoms with Gasteiger partial charge in [0, 0.05) is 18.8 Å². The van der Waals surface area contributed by atoms with Gasteiger partial charge in [-0.3, -0.25) is 5.32 Å². The molecule has 1 aliphatic heterocycles. The molecule has 2 unspecified atom stereocenters. The number of hydrogen-bond donors (Lipinski definition) is 2. The number of carbonyl (C=O) groups is 1. The molecule has 2 N–H and O–H groups in total. The fraction of sp³-hybridized carbons (Fsp3) is 0.615. The summed E-state index contributed by atoms with van der Waals surface area (Å²) in [5, 5.41) is 13.2. The fourth-order valence-electron chi connectivity index (χ4n) is 2.46. The van der Waals surface area contributed by atoms with Gasteiger partial charge in [-0.2, -0.15) is 5.10 Å². The van der Waals surface area contributed by atoms with Gasteiger partial charge >= 0.3 is 6.03 Å². The van der Waals surface area contributed by atoms with Gasteiger partial charge in [0.2, 0.25) is 0 Å². The molecule has 2 aliphatic rings. The Kier molecular flexibility index (Phi) is 3.59. The summed E-state index contributed by atoms with van der Waals surface area (Å²) < 4.78 is 5.74. The average molecular weight is 262 g/mol. The molecule has 2 amide bonds. The van der Waals surface area contributed by atoms with E-state index < -0.39 is 0 Å². The summed E-state index contributed by atoms with van der Waals surface area (Å²) in [4.78, 5) is 11.8. The van der Waals surface area contributed by atoms with E-state index >= 15 is 0 Å². The fourth-order valence-corrected chi connectivity index (χ4v) is 2.46. The molecule has 1 aliphatic carbocycles. The Morgan fingerprint density at radius 3 is 3.00 bits per heavy atom. The predicted octanol–water partition coefficient (Wildman–Crippen LogP) is 1.56. The van der Waals surface area contributed by atoms with Crippen LogP contribution in [0.3, 0.4) is 0 Å². The Balaban J connectivity index is 1.48. The van der Waals surface area contributed by atoms with Gasteiger partial charge < -0.3 is 10.1 Å². The first-order chi connectivity index (χ1) is 9.31. The highest BCUT2D eigenvalue weighted by molar-refractivity contribution is 5.88. The van der Waals surface area contributed by atoms with E-state index in [1.165, 1.54) is 12.8 Å². The van der Waals surface area contributed by atoms with Crippen molar-refractivity contribution in [3.05, 3.63) is 18.3 Å². The number of hydrogen-bond acceptors (Lipinski definition) is 4. The van der Waals surface area contributed by atoms with Crippen molar-refractivity contribution in [2.24, 2.45) is 5.92 Å². The molecule has 1 saturated carbocycles. The van der Waals surface area contributed by atoms with Crippen LogP contribution in [0.15, 0.2) is 18.3 Å². The molecule has 3 rings (SSSR count). The summed E-state index contributed by atoms with van der Waals surface area (Å²) in [6.45, 7) is 0.733. The number of carbonyl (C=O) groups excluding carboxylic acids is 1. The van der Waals surface area contributed by atoms with Gasteiger partial charge in [-0.15, -0.1) is 5.10 Å². The average Bonchev–Trinajstić information content (AvgIpc) is 3.24. The molecule has 1 aromatic heterocycles. The lowest BCUT2D eigenvalue weighted by Crippen LogP contribution is -2.44. The van der Waals surface area contributed by atoms with Crippen LogP contribution < -0.4 is 10.6 Å². The van der Waals surface area contributed by atoms with E-state index in [4.69, 9.17) is 4.74 Å². The van der Waals surface area contributed by atoms with E-state index in [0.29, 0.717) is 17.8 Å². The van der Waals surface area contributed by atoms with Gasteiger partial charge in [0.1, 0.15) is 0 Å². The highest BCUT2D eigenvalue weighted by Gasteiger charge is 2.36. The van der Waals surface area contributed by atoms with Gasteiger partial charge in [-0.25, -0.2) is 4.79 Å². The lowest BCUT2D eigenvalue weighted by molar-refractivity contribution is -0.00889. The Morgan fingerprint density at radius 1 is 1.37 bits per heavy atom. The van der Waals surface area contributed by atoms with E-state index in [-0.39, 0.29) is 12.1 Å². The zero-order valence-corrected chi connectivity index (χ0v) is 10.7. The first kappa shape index (κ1) is 12.3. The molecule has 0 spiro atoms. The van der Waals surface area contributed by atoms with Gasteiger partial charge in [-0.05, 0) is 43.7 Å². The van der Waals surface area contributed by atoms with E-state index in [1.54, 1.807) is 18.3 Å². The third kappa shape index (κ3) is 3.41. The van der Waals surface area contributed by atoms with Crippen molar-refractivity contribution in [2.75, 3.05) is 11.9 Å². The van der Waals surface area contributed by atoms with Crippen LogP contribution in [0.1, 0.15) is 25.7 Å². The van der Waals surface area contributed by atoms with Crippen molar-refractivity contribution >= 4 is 11.8 Å². The quantitative estimate of drug-likeness (QED) is 0.866. The highest BCUT2D eigenvalue weighted by atomic mass is 16.5. The number of rotatable bonds is 3. The second-order valence-corrected chi connectivity index (χ2v) is 5.18.